The third-order valence-electron chi connectivity index (χ3n) is 7.27. The molecular weight excluding hydrogens is 455 g/mol. The van der Waals surface area contributed by atoms with Crippen LogP contribution in [0.25, 0.3) is 0 Å². The van der Waals surface area contributed by atoms with Crippen LogP contribution in [0.2, 0.25) is 0 Å². The highest BCUT2D eigenvalue weighted by Crippen LogP contribution is 2.42. The average molecular weight is 493 g/mol. The fraction of sp³-hybridized carbons (Fsp3) is 0.708. The largest absolute Gasteiger partial charge is 0.341 e. The highest BCUT2D eigenvalue weighted by atomic mass is 19.1. The van der Waals surface area contributed by atoms with E-state index in [9.17, 15) is 23.6 Å². The molecule has 0 radical (unpaired) electrons. The molecule has 1 heterocycles. The van der Waals surface area contributed by atoms with Crippen molar-refractivity contribution in [2.24, 2.45) is 12.5 Å². The summed E-state index contributed by atoms with van der Waals surface area (Å²) in [5.74, 6) is -2.29. The highest BCUT2D eigenvalue weighted by molar-refractivity contribution is 6.44. The van der Waals surface area contributed by atoms with Gasteiger partial charge < -0.3 is 20.9 Å². The van der Waals surface area contributed by atoms with Crippen LogP contribution in [0.15, 0.2) is 12.3 Å². The molecule has 2 aliphatic rings. The molecule has 35 heavy (non-hydrogen) atoms. The Morgan fingerprint density at radius 2 is 1.83 bits per heavy atom. The predicted molar refractivity (Wildman–Crippen MR) is 128 cm³/mol. The number of carbonyl (C=O) groups is 4. The number of nitrogens with zero attached hydrogens (tertiary/aromatic N) is 3. The van der Waals surface area contributed by atoms with Crippen LogP contribution in [-0.4, -0.2) is 69.2 Å². The summed E-state index contributed by atoms with van der Waals surface area (Å²) in [7, 11) is 1.66. The number of carbonyl (C=O) groups excluding carboxylic acids is 4. The number of anilines is 1. The summed E-state index contributed by atoms with van der Waals surface area (Å²) in [6, 6.07) is 0.242. The van der Waals surface area contributed by atoms with Crippen molar-refractivity contribution in [2.45, 2.75) is 83.5 Å². The van der Waals surface area contributed by atoms with Gasteiger partial charge in [-0.15, -0.1) is 0 Å². The van der Waals surface area contributed by atoms with Crippen LogP contribution in [-0.2, 0) is 21.4 Å². The molecule has 4 amide bonds. The molecule has 0 spiro atoms. The zero-order chi connectivity index (χ0) is 25.8. The van der Waals surface area contributed by atoms with Crippen molar-refractivity contribution in [1.82, 2.24) is 25.3 Å². The fourth-order valence-corrected chi connectivity index (χ4v) is 5.12. The number of ketones is 1. The van der Waals surface area contributed by atoms with E-state index < -0.39 is 35.4 Å². The van der Waals surface area contributed by atoms with Crippen LogP contribution in [0.5, 0.6) is 0 Å². The first kappa shape index (κ1) is 26.6. The number of nitrogens with one attached hydrogen (secondary N) is 3. The molecule has 2 fully saturated rings. The number of aromatic nitrogens is 2. The molecule has 0 saturated heterocycles. The maximum absolute atomic E-state index is 14.0. The van der Waals surface area contributed by atoms with Crippen LogP contribution >= 0.6 is 0 Å². The zero-order valence-corrected chi connectivity index (χ0v) is 21.0. The topological polar surface area (TPSA) is 125 Å². The van der Waals surface area contributed by atoms with Crippen molar-refractivity contribution in [3.63, 3.8) is 0 Å². The van der Waals surface area contributed by atoms with Gasteiger partial charge in [0.15, 0.2) is 5.82 Å². The summed E-state index contributed by atoms with van der Waals surface area (Å²) in [5, 5.41) is 11.9. The van der Waals surface area contributed by atoms with Gasteiger partial charge in [0.05, 0.1) is 0 Å². The van der Waals surface area contributed by atoms with E-state index in [-0.39, 0.29) is 30.1 Å². The van der Waals surface area contributed by atoms with Gasteiger partial charge in [-0.1, -0.05) is 19.8 Å². The first-order valence-electron chi connectivity index (χ1n) is 12.4. The number of amides is 4. The molecular formula is C24H37FN6O4. The SMILES string of the molecule is CCN(CC)C(=O)N[C@@H](CC1(C)CCCC1)C(=O)NC1(C(=O)C(=O)Nc2ccn(C)n2)CC(F)C1. The first-order chi connectivity index (χ1) is 16.5. The second-order valence-electron chi connectivity index (χ2n) is 10.1. The molecule has 0 aromatic carbocycles. The van der Waals surface area contributed by atoms with Crippen LogP contribution in [0.3, 0.4) is 0 Å². The van der Waals surface area contributed by atoms with E-state index in [1.54, 1.807) is 18.1 Å². The summed E-state index contributed by atoms with van der Waals surface area (Å²) in [6.07, 6.45) is 4.08. The number of aryl methyl sites for hydroxylation is 1. The van der Waals surface area contributed by atoms with Crippen molar-refractivity contribution >= 4 is 29.4 Å². The Morgan fingerprint density at radius 3 is 2.34 bits per heavy atom. The van der Waals surface area contributed by atoms with Gasteiger partial charge in [0, 0.05) is 45.2 Å². The summed E-state index contributed by atoms with van der Waals surface area (Å²) >= 11 is 0. The monoisotopic (exact) mass is 492 g/mol. The van der Waals surface area contributed by atoms with Gasteiger partial charge in [-0.05, 0) is 38.5 Å². The van der Waals surface area contributed by atoms with E-state index in [0.717, 1.165) is 25.7 Å². The quantitative estimate of drug-likeness (QED) is 0.432. The van der Waals surface area contributed by atoms with Crippen molar-refractivity contribution in [2.75, 3.05) is 18.4 Å². The third kappa shape index (κ3) is 6.18. The maximum Gasteiger partial charge on any atom is 0.318 e. The Labute approximate surface area is 205 Å². The first-order valence-corrected chi connectivity index (χ1v) is 12.4. The minimum absolute atomic E-state index is 0.131. The Balaban J connectivity index is 1.77. The third-order valence-corrected chi connectivity index (χ3v) is 7.27. The lowest BCUT2D eigenvalue weighted by Crippen LogP contribution is -2.68. The van der Waals surface area contributed by atoms with Gasteiger partial charge >= 0.3 is 6.03 Å². The Bertz CT molecular complexity index is 948. The number of halogens is 1. The van der Waals surface area contributed by atoms with E-state index in [1.165, 1.54) is 10.7 Å². The molecule has 0 bridgehead atoms. The second-order valence-corrected chi connectivity index (χ2v) is 10.1. The van der Waals surface area contributed by atoms with Gasteiger partial charge in [-0.3, -0.25) is 19.1 Å². The van der Waals surface area contributed by atoms with Crippen molar-refractivity contribution in [3.05, 3.63) is 12.3 Å². The lowest BCUT2D eigenvalue weighted by atomic mass is 9.71. The molecule has 0 aliphatic heterocycles. The number of hydrogen-bond acceptors (Lipinski definition) is 5. The van der Waals surface area contributed by atoms with Gasteiger partial charge in [0.25, 0.3) is 5.91 Å². The van der Waals surface area contributed by atoms with E-state index in [0.29, 0.717) is 19.5 Å². The van der Waals surface area contributed by atoms with E-state index in [1.807, 2.05) is 13.8 Å². The average Bonchev–Trinajstić information content (AvgIpc) is 3.40. The van der Waals surface area contributed by atoms with E-state index >= 15 is 0 Å². The van der Waals surface area contributed by atoms with Crippen molar-refractivity contribution in [1.29, 1.82) is 0 Å². The lowest BCUT2D eigenvalue weighted by molar-refractivity contribution is -0.146. The van der Waals surface area contributed by atoms with Crippen LogP contribution < -0.4 is 16.0 Å². The Kier molecular flexibility index (Phi) is 8.17. The molecule has 1 atom stereocenters. The molecule has 2 aliphatic carbocycles. The molecule has 1 aromatic heterocycles. The van der Waals surface area contributed by atoms with E-state index in [2.05, 4.69) is 28.0 Å². The predicted octanol–water partition coefficient (Wildman–Crippen LogP) is 2.31. The standard InChI is InChI=1S/C24H37FN6O4/c1-5-31(6-2)22(35)26-17(15-23(3)10-7-8-11-23)20(33)28-24(13-16(25)14-24)19(32)21(34)27-18-9-12-30(4)29-18/h9,12,16-17H,5-8,10-11,13-15H2,1-4H3,(H,26,35)(H,28,33)(H,27,29,34)/t16?,17-,24?/m0/s1. The summed E-state index contributed by atoms with van der Waals surface area (Å²) in [5.41, 5.74) is -1.78. The van der Waals surface area contributed by atoms with Gasteiger partial charge in [-0.2, -0.15) is 5.10 Å². The zero-order valence-electron chi connectivity index (χ0n) is 21.0. The maximum atomic E-state index is 14.0. The molecule has 11 heteroatoms. The lowest BCUT2D eigenvalue weighted by Gasteiger charge is -2.43. The molecule has 2 saturated carbocycles. The van der Waals surface area contributed by atoms with Crippen LogP contribution in [0.4, 0.5) is 15.0 Å². The van der Waals surface area contributed by atoms with Crippen LogP contribution in [0, 0.1) is 5.41 Å². The minimum atomic E-state index is -1.65. The number of alkyl halides is 1. The van der Waals surface area contributed by atoms with Crippen molar-refractivity contribution < 1.29 is 23.6 Å². The molecule has 0 unspecified atom stereocenters. The highest BCUT2D eigenvalue weighted by Gasteiger charge is 2.54. The van der Waals surface area contributed by atoms with Gasteiger partial charge in [-0.25, -0.2) is 9.18 Å². The Hall–Kier alpha value is -2.98. The smallest absolute Gasteiger partial charge is 0.318 e. The number of rotatable bonds is 10. The Morgan fingerprint density at radius 1 is 1.20 bits per heavy atom. The van der Waals surface area contributed by atoms with Gasteiger partial charge in [0.2, 0.25) is 11.7 Å². The number of hydrogen-bond donors (Lipinski definition) is 3. The molecule has 194 valence electrons. The molecule has 3 rings (SSSR count). The van der Waals surface area contributed by atoms with Gasteiger partial charge in [0.1, 0.15) is 17.8 Å². The number of urea groups is 1. The molecule has 1 aromatic rings. The van der Waals surface area contributed by atoms with Crippen LogP contribution in [0.1, 0.15) is 65.7 Å². The minimum Gasteiger partial charge on any atom is -0.341 e. The summed E-state index contributed by atoms with van der Waals surface area (Å²) in [6.45, 7) is 6.74. The molecule has 3 N–H and O–H groups in total. The summed E-state index contributed by atoms with van der Waals surface area (Å²) in [4.78, 5) is 53.5. The molecule has 10 nitrogen and oxygen atoms in total. The fourth-order valence-electron chi connectivity index (χ4n) is 5.12. The normalized spacial score (nSPS) is 23.6. The van der Waals surface area contributed by atoms with Crippen molar-refractivity contribution in [3.8, 4) is 0 Å². The number of Topliss-reactive ketones (excluding diaryl/α,β-unsaturated/α-hetero) is 1. The summed E-state index contributed by atoms with van der Waals surface area (Å²) < 4.78 is 15.5. The van der Waals surface area contributed by atoms with E-state index in [4.69, 9.17) is 0 Å². The second kappa shape index (κ2) is 10.7.